The number of nitrogens with one attached hydrogen (secondary N) is 1. The van der Waals surface area contributed by atoms with Crippen molar-refractivity contribution in [3.05, 3.63) is 85.1 Å². The molecule has 1 rings (SSSR count). The molecular weight excluding hydrogens is 983 g/mol. The maximum atomic E-state index is 13.1. The third-order valence-corrected chi connectivity index (χ3v) is 15.4. The Morgan fingerprint density at radius 1 is 0.443 bits per heavy atom. The Morgan fingerprint density at radius 3 is 1.22 bits per heavy atom. The van der Waals surface area contributed by atoms with Gasteiger partial charge in [0.2, 0.25) is 5.91 Å². The molecule has 0 aromatic rings. The van der Waals surface area contributed by atoms with Crippen LogP contribution in [0.1, 0.15) is 296 Å². The minimum absolute atomic E-state index is 0.190. The Hall–Kier alpha value is -2.63. The molecule has 1 aliphatic heterocycles. The average molecular weight is 1110 g/mol. The van der Waals surface area contributed by atoms with Crippen LogP contribution >= 0.6 is 0 Å². The number of carbonyl (C=O) groups is 1. The summed E-state index contributed by atoms with van der Waals surface area (Å²) in [6.07, 6.45) is 76.8. The van der Waals surface area contributed by atoms with Gasteiger partial charge in [-0.2, -0.15) is 0 Å². The van der Waals surface area contributed by atoms with E-state index in [1.165, 1.54) is 205 Å². The molecule has 9 nitrogen and oxygen atoms in total. The van der Waals surface area contributed by atoms with Gasteiger partial charge in [-0.1, -0.05) is 292 Å². The van der Waals surface area contributed by atoms with Crippen molar-refractivity contribution < 1.29 is 39.8 Å². The SMILES string of the molecule is CC/C=C\C/C=C\C/C=C\C/C=C\CCCCCCCCCCCCCCCCCCC(=O)NC(COC1OC(CO)C(O)C(O)C1O)C(O)/C=C/CC/C=C/CC/C=C/CCCCCCCCCCCCCCCCCCC. The number of aliphatic hydroxyl groups excluding tert-OH is 5. The summed E-state index contributed by atoms with van der Waals surface area (Å²) in [7, 11) is 0. The lowest BCUT2D eigenvalue weighted by atomic mass is 9.99. The molecule has 7 unspecified atom stereocenters. The number of hydrogen-bond acceptors (Lipinski definition) is 8. The van der Waals surface area contributed by atoms with Crippen LogP contribution in [0.4, 0.5) is 0 Å². The first-order chi connectivity index (χ1) is 38.8. The van der Waals surface area contributed by atoms with Gasteiger partial charge in [0.25, 0.3) is 0 Å². The van der Waals surface area contributed by atoms with Crippen LogP contribution in [0.3, 0.4) is 0 Å². The van der Waals surface area contributed by atoms with E-state index in [9.17, 15) is 30.3 Å². The Morgan fingerprint density at radius 2 is 0.797 bits per heavy atom. The summed E-state index contributed by atoms with van der Waals surface area (Å²) in [5, 5.41) is 54.7. The van der Waals surface area contributed by atoms with E-state index < -0.39 is 49.5 Å². The lowest BCUT2D eigenvalue weighted by molar-refractivity contribution is -0.302. The molecule has 0 radical (unpaired) electrons. The van der Waals surface area contributed by atoms with Gasteiger partial charge in [-0.25, -0.2) is 0 Å². The van der Waals surface area contributed by atoms with Crippen LogP contribution in [-0.2, 0) is 14.3 Å². The Bertz CT molecular complexity index is 1520. The van der Waals surface area contributed by atoms with Crippen LogP contribution in [0.25, 0.3) is 0 Å². The molecule has 458 valence electrons. The van der Waals surface area contributed by atoms with Crippen molar-refractivity contribution in [3.63, 3.8) is 0 Å². The minimum Gasteiger partial charge on any atom is -0.394 e. The highest BCUT2D eigenvalue weighted by Crippen LogP contribution is 2.23. The summed E-state index contributed by atoms with van der Waals surface area (Å²) in [4.78, 5) is 13.1. The highest BCUT2D eigenvalue weighted by atomic mass is 16.7. The molecule has 1 aliphatic rings. The van der Waals surface area contributed by atoms with Gasteiger partial charge in [0.15, 0.2) is 6.29 Å². The molecular formula is C70H125NO8. The third kappa shape index (κ3) is 47.6. The summed E-state index contributed by atoms with van der Waals surface area (Å²) in [6, 6.07) is -0.833. The van der Waals surface area contributed by atoms with Crippen molar-refractivity contribution in [2.24, 2.45) is 0 Å². The standard InChI is InChI=1S/C70H125NO8/c1-3-5-7-9-11-13-15-17-19-21-23-25-27-29-31-32-34-36-38-40-42-44-46-48-50-52-54-56-58-60-66(74)71-63(62-78-70-69(77)68(76)67(75)65(61-72)79-70)64(73)59-57-55-53-51-49-47-45-43-41-39-37-35-33-30-28-26-24-22-20-18-16-14-12-10-8-6-4-2/h5,7,11,13,17,19,23,25,41,43,49,51,57,59,63-65,67-70,72-73,75-77H,3-4,6,8-10,12,14-16,18,20-22,24,26-40,42,44-48,50,52-56,58,60-62H2,1-2H3,(H,71,74)/b7-5-,13-11-,19-17-,25-23-,43-41+,51-49+,59-57+. The molecule has 1 fully saturated rings. The van der Waals surface area contributed by atoms with Crippen LogP contribution in [0, 0.1) is 0 Å². The largest absolute Gasteiger partial charge is 0.394 e. The molecule has 0 aliphatic carbocycles. The predicted octanol–water partition coefficient (Wildman–Crippen LogP) is 17.7. The van der Waals surface area contributed by atoms with Gasteiger partial charge in [-0.05, 0) is 83.5 Å². The van der Waals surface area contributed by atoms with Gasteiger partial charge >= 0.3 is 0 Å². The highest BCUT2D eigenvalue weighted by molar-refractivity contribution is 5.76. The van der Waals surface area contributed by atoms with Gasteiger partial charge in [-0.3, -0.25) is 4.79 Å². The summed E-state index contributed by atoms with van der Waals surface area (Å²) in [6.45, 7) is 3.68. The number of carbonyl (C=O) groups excluding carboxylic acids is 1. The molecule has 7 atom stereocenters. The zero-order valence-electron chi connectivity index (χ0n) is 51.1. The summed E-state index contributed by atoms with van der Waals surface area (Å²) in [5.41, 5.74) is 0. The molecule has 1 saturated heterocycles. The molecule has 79 heavy (non-hydrogen) atoms. The topological polar surface area (TPSA) is 149 Å². The Balaban J connectivity index is 2.19. The van der Waals surface area contributed by atoms with Crippen molar-refractivity contribution in [2.45, 2.75) is 339 Å². The van der Waals surface area contributed by atoms with E-state index in [-0.39, 0.29) is 12.5 Å². The molecule has 0 saturated carbocycles. The molecule has 1 heterocycles. The van der Waals surface area contributed by atoms with E-state index in [4.69, 9.17) is 9.47 Å². The van der Waals surface area contributed by atoms with E-state index in [1.54, 1.807) is 6.08 Å². The van der Waals surface area contributed by atoms with E-state index in [0.29, 0.717) is 6.42 Å². The zero-order valence-corrected chi connectivity index (χ0v) is 51.1. The number of aliphatic hydroxyl groups is 5. The maximum absolute atomic E-state index is 13.1. The van der Waals surface area contributed by atoms with Crippen LogP contribution in [0.5, 0.6) is 0 Å². The number of amides is 1. The van der Waals surface area contributed by atoms with Gasteiger partial charge in [0, 0.05) is 6.42 Å². The van der Waals surface area contributed by atoms with Crippen molar-refractivity contribution in [2.75, 3.05) is 13.2 Å². The second kappa shape index (κ2) is 58.6. The number of hydrogen-bond donors (Lipinski definition) is 6. The highest BCUT2D eigenvalue weighted by Gasteiger charge is 2.44. The van der Waals surface area contributed by atoms with Crippen molar-refractivity contribution in [3.8, 4) is 0 Å². The first kappa shape index (κ1) is 74.4. The fourth-order valence-corrected chi connectivity index (χ4v) is 10.2. The minimum atomic E-state index is -1.58. The summed E-state index contributed by atoms with van der Waals surface area (Å²) >= 11 is 0. The maximum Gasteiger partial charge on any atom is 0.220 e. The summed E-state index contributed by atoms with van der Waals surface area (Å²) < 4.78 is 11.3. The van der Waals surface area contributed by atoms with E-state index in [1.807, 2.05) is 6.08 Å². The van der Waals surface area contributed by atoms with Crippen molar-refractivity contribution in [1.82, 2.24) is 5.32 Å². The zero-order chi connectivity index (χ0) is 57.2. The molecule has 9 heteroatoms. The van der Waals surface area contributed by atoms with Crippen LogP contribution in [0.15, 0.2) is 85.1 Å². The number of rotatable bonds is 57. The Kier molecular flexibility index (Phi) is 55.1. The Labute approximate surface area is 486 Å². The number of allylic oxidation sites excluding steroid dienone is 13. The van der Waals surface area contributed by atoms with E-state index in [0.717, 1.165) is 70.6 Å². The molecule has 0 aromatic carbocycles. The first-order valence-electron chi connectivity index (χ1n) is 33.3. The van der Waals surface area contributed by atoms with Gasteiger partial charge in [0.05, 0.1) is 25.4 Å². The van der Waals surface area contributed by atoms with E-state index in [2.05, 4.69) is 92.1 Å². The normalized spacial score (nSPS) is 19.1. The third-order valence-electron chi connectivity index (χ3n) is 15.4. The van der Waals surface area contributed by atoms with Crippen LogP contribution in [-0.4, -0.2) is 87.5 Å². The van der Waals surface area contributed by atoms with Gasteiger partial charge in [-0.15, -0.1) is 0 Å². The predicted molar refractivity (Wildman–Crippen MR) is 336 cm³/mol. The monoisotopic (exact) mass is 1110 g/mol. The molecule has 0 bridgehead atoms. The lowest BCUT2D eigenvalue weighted by Crippen LogP contribution is -2.60. The first-order valence-corrected chi connectivity index (χ1v) is 33.3. The van der Waals surface area contributed by atoms with Crippen LogP contribution in [0.2, 0.25) is 0 Å². The average Bonchev–Trinajstić information content (AvgIpc) is 3.47. The van der Waals surface area contributed by atoms with Gasteiger partial charge in [0.1, 0.15) is 24.4 Å². The van der Waals surface area contributed by atoms with E-state index >= 15 is 0 Å². The number of ether oxygens (including phenoxy) is 2. The van der Waals surface area contributed by atoms with Crippen molar-refractivity contribution in [1.29, 1.82) is 0 Å². The molecule has 0 aromatic heterocycles. The second-order valence-corrected chi connectivity index (χ2v) is 22.9. The molecule has 1 amide bonds. The second-order valence-electron chi connectivity index (χ2n) is 22.9. The van der Waals surface area contributed by atoms with Crippen LogP contribution < -0.4 is 5.32 Å². The molecule has 0 spiro atoms. The summed E-state index contributed by atoms with van der Waals surface area (Å²) in [5.74, 6) is -0.190. The fraction of sp³-hybridized carbons (Fsp3) is 0.786. The number of unbranched alkanes of at least 4 members (excludes halogenated alkanes) is 35. The smallest absolute Gasteiger partial charge is 0.220 e. The van der Waals surface area contributed by atoms with Crippen molar-refractivity contribution >= 4 is 5.91 Å². The quantitative estimate of drug-likeness (QED) is 0.0261. The molecule has 6 N–H and O–H groups in total. The lowest BCUT2D eigenvalue weighted by Gasteiger charge is -2.40. The fourth-order valence-electron chi connectivity index (χ4n) is 10.2. The van der Waals surface area contributed by atoms with Gasteiger partial charge < -0.3 is 40.3 Å².